The highest BCUT2D eigenvalue weighted by Gasteiger charge is 2.24. The molecule has 4 N–H and O–H groups in total. The summed E-state index contributed by atoms with van der Waals surface area (Å²) in [5.41, 5.74) is 10.5. The largest absolute Gasteiger partial charge is 0.399 e. The van der Waals surface area contributed by atoms with E-state index >= 15 is 0 Å². The number of hydrogen-bond donors (Lipinski definition) is 3. The third kappa shape index (κ3) is 4.93. The summed E-state index contributed by atoms with van der Waals surface area (Å²) in [5, 5.41) is 3.89. The molecule has 8 heteroatoms. The minimum absolute atomic E-state index is 0.0282. The van der Waals surface area contributed by atoms with Crippen molar-refractivity contribution in [2.24, 2.45) is 0 Å². The molecule has 1 saturated heterocycles. The van der Waals surface area contributed by atoms with Gasteiger partial charge in [-0.25, -0.2) is 9.97 Å². The average molecular weight is 463 g/mol. The van der Waals surface area contributed by atoms with Crippen LogP contribution in [0.5, 0.6) is 0 Å². The Balaban J connectivity index is 1.45. The molecule has 0 aliphatic carbocycles. The molecule has 3 aromatic rings. The number of nitrogens with one attached hydrogen (secondary N) is 2. The molecule has 1 aliphatic rings. The van der Waals surface area contributed by atoms with Gasteiger partial charge in [-0.2, -0.15) is 0 Å². The van der Waals surface area contributed by atoms with Crippen LogP contribution in [-0.4, -0.2) is 44.9 Å². The SMILES string of the molecule is C=Cc1[nH]cc(-c2nc(NC3CCN(C(=O)c4ccc(N)cc4)CC3)ncc2Cl)c1/C=C\C. The van der Waals surface area contributed by atoms with Crippen molar-refractivity contribution in [2.75, 3.05) is 24.1 Å². The van der Waals surface area contributed by atoms with E-state index in [1.54, 1.807) is 36.5 Å². The lowest BCUT2D eigenvalue weighted by Crippen LogP contribution is -2.42. The van der Waals surface area contributed by atoms with Crippen molar-refractivity contribution in [1.82, 2.24) is 19.9 Å². The number of nitrogens with zero attached hydrogens (tertiary/aromatic N) is 3. The predicted octanol–water partition coefficient (Wildman–Crippen LogP) is 5.10. The summed E-state index contributed by atoms with van der Waals surface area (Å²) in [5.74, 6) is 0.547. The van der Waals surface area contributed by atoms with Crippen molar-refractivity contribution in [3.63, 3.8) is 0 Å². The van der Waals surface area contributed by atoms with E-state index in [0.717, 1.165) is 29.7 Å². The number of allylic oxidation sites excluding steroid dienone is 1. The standard InChI is InChI=1S/C25H27ClN6O/c1-3-5-19-20(14-28-22(19)4-2)23-21(26)15-29-25(31-23)30-18-10-12-32(13-11-18)24(33)16-6-8-17(27)9-7-16/h3-9,14-15,18,28H,2,10-13,27H2,1H3,(H,29,30,31)/b5-3-. The second-order valence-corrected chi connectivity index (χ2v) is 8.36. The second kappa shape index (κ2) is 9.92. The number of nitrogens with two attached hydrogens (primary N) is 1. The number of aromatic nitrogens is 3. The first-order chi connectivity index (χ1) is 16.0. The molecule has 1 fully saturated rings. The molecular formula is C25H27ClN6O. The summed E-state index contributed by atoms with van der Waals surface area (Å²) < 4.78 is 0. The third-order valence-corrected chi connectivity index (χ3v) is 6.04. The minimum Gasteiger partial charge on any atom is -0.399 e. The first-order valence-corrected chi connectivity index (χ1v) is 11.3. The van der Waals surface area contributed by atoms with Crippen molar-refractivity contribution in [1.29, 1.82) is 0 Å². The van der Waals surface area contributed by atoms with E-state index < -0.39 is 0 Å². The summed E-state index contributed by atoms with van der Waals surface area (Å²) in [6, 6.07) is 7.21. The van der Waals surface area contributed by atoms with Crippen LogP contribution >= 0.6 is 11.6 Å². The van der Waals surface area contributed by atoms with Crippen LogP contribution in [0.3, 0.4) is 0 Å². The first-order valence-electron chi connectivity index (χ1n) is 10.9. The summed E-state index contributed by atoms with van der Waals surface area (Å²) in [6.07, 6.45) is 10.8. The number of H-pyrrole nitrogens is 1. The van der Waals surface area contributed by atoms with Gasteiger partial charge in [0.05, 0.1) is 16.9 Å². The first kappa shape index (κ1) is 22.6. The highest BCUT2D eigenvalue weighted by molar-refractivity contribution is 6.33. The number of hydrogen-bond acceptors (Lipinski definition) is 5. The summed E-state index contributed by atoms with van der Waals surface area (Å²) in [4.78, 5) is 26.9. The Kier molecular flexibility index (Phi) is 6.79. The highest BCUT2D eigenvalue weighted by atomic mass is 35.5. The molecule has 1 amide bonds. The molecule has 0 saturated carbocycles. The highest BCUT2D eigenvalue weighted by Crippen LogP contribution is 2.32. The van der Waals surface area contributed by atoms with E-state index in [4.69, 9.17) is 22.3 Å². The predicted molar refractivity (Wildman–Crippen MR) is 135 cm³/mol. The maximum Gasteiger partial charge on any atom is 0.253 e. The molecule has 0 unspecified atom stereocenters. The fourth-order valence-electron chi connectivity index (χ4n) is 4.00. The van der Waals surface area contributed by atoms with Gasteiger partial charge in [-0.15, -0.1) is 0 Å². The van der Waals surface area contributed by atoms with Crippen LogP contribution in [0.15, 0.2) is 49.3 Å². The van der Waals surface area contributed by atoms with E-state index in [-0.39, 0.29) is 11.9 Å². The monoisotopic (exact) mass is 462 g/mol. The Labute approximate surface area is 198 Å². The quantitative estimate of drug-likeness (QED) is 0.442. The second-order valence-electron chi connectivity index (χ2n) is 7.96. The third-order valence-electron chi connectivity index (χ3n) is 5.76. The van der Waals surface area contributed by atoms with Gasteiger partial charge >= 0.3 is 0 Å². The molecule has 4 rings (SSSR count). The number of carbonyl (C=O) groups excluding carboxylic acids is 1. The van der Waals surface area contributed by atoms with Crippen molar-refractivity contribution in [3.05, 3.63) is 71.2 Å². The van der Waals surface area contributed by atoms with Crippen LogP contribution in [0.4, 0.5) is 11.6 Å². The number of nitrogen functional groups attached to an aromatic ring is 1. The number of carbonyl (C=O) groups is 1. The number of amides is 1. The fraction of sp³-hybridized carbons (Fsp3) is 0.240. The minimum atomic E-state index is 0.0282. The zero-order valence-corrected chi connectivity index (χ0v) is 19.3. The smallest absolute Gasteiger partial charge is 0.253 e. The van der Waals surface area contributed by atoms with Crippen molar-refractivity contribution in [3.8, 4) is 11.3 Å². The molecule has 1 aliphatic heterocycles. The topological polar surface area (TPSA) is 99.9 Å². The van der Waals surface area contributed by atoms with Crippen molar-refractivity contribution < 1.29 is 4.79 Å². The Hall–Kier alpha value is -3.58. The van der Waals surface area contributed by atoms with Gasteiger partial charge in [0.15, 0.2) is 0 Å². The summed E-state index contributed by atoms with van der Waals surface area (Å²) >= 11 is 6.45. The van der Waals surface area contributed by atoms with Gasteiger partial charge in [0, 0.05) is 53.4 Å². The van der Waals surface area contributed by atoms with Gasteiger partial charge < -0.3 is 20.9 Å². The lowest BCUT2D eigenvalue weighted by atomic mass is 10.0. The Morgan fingerprint density at radius 3 is 2.70 bits per heavy atom. The fourth-order valence-corrected chi connectivity index (χ4v) is 4.20. The normalized spacial score (nSPS) is 14.5. The van der Waals surface area contributed by atoms with E-state index in [9.17, 15) is 4.79 Å². The molecule has 33 heavy (non-hydrogen) atoms. The number of benzene rings is 1. The lowest BCUT2D eigenvalue weighted by Gasteiger charge is -2.32. The molecule has 3 heterocycles. The Morgan fingerprint density at radius 1 is 1.30 bits per heavy atom. The van der Waals surface area contributed by atoms with E-state index in [1.807, 2.05) is 30.2 Å². The van der Waals surface area contributed by atoms with E-state index in [1.165, 1.54) is 0 Å². The van der Waals surface area contributed by atoms with Crippen LogP contribution in [-0.2, 0) is 0 Å². The molecule has 0 spiro atoms. The zero-order chi connectivity index (χ0) is 23.4. The maximum atomic E-state index is 12.7. The molecule has 170 valence electrons. The maximum absolute atomic E-state index is 12.7. The molecule has 0 bridgehead atoms. The Bertz CT molecular complexity index is 1180. The van der Waals surface area contributed by atoms with Crippen LogP contribution in [0, 0.1) is 0 Å². The van der Waals surface area contributed by atoms with Crippen molar-refractivity contribution >= 4 is 41.3 Å². The summed E-state index contributed by atoms with van der Waals surface area (Å²) in [7, 11) is 0. The van der Waals surface area contributed by atoms with Crippen LogP contribution in [0.1, 0.15) is 41.4 Å². The summed E-state index contributed by atoms with van der Waals surface area (Å²) in [6.45, 7) is 7.14. The van der Waals surface area contributed by atoms with Crippen molar-refractivity contribution in [2.45, 2.75) is 25.8 Å². The van der Waals surface area contributed by atoms with E-state index in [2.05, 4.69) is 21.9 Å². The Morgan fingerprint density at radius 2 is 2.03 bits per heavy atom. The number of rotatable bonds is 6. The van der Waals surface area contributed by atoms with Gasteiger partial charge in [0.2, 0.25) is 5.95 Å². The van der Waals surface area contributed by atoms with Gasteiger partial charge in [0.25, 0.3) is 5.91 Å². The number of halogens is 1. The molecule has 0 radical (unpaired) electrons. The van der Waals surface area contributed by atoms with Gasteiger partial charge in [-0.1, -0.05) is 30.3 Å². The molecule has 7 nitrogen and oxygen atoms in total. The average Bonchev–Trinajstić information content (AvgIpc) is 3.23. The van der Waals surface area contributed by atoms with Gasteiger partial charge in [-0.3, -0.25) is 4.79 Å². The van der Waals surface area contributed by atoms with Gasteiger partial charge in [0.1, 0.15) is 0 Å². The van der Waals surface area contributed by atoms with E-state index in [0.29, 0.717) is 41.0 Å². The van der Waals surface area contributed by atoms with Crippen LogP contribution < -0.4 is 11.1 Å². The number of anilines is 2. The van der Waals surface area contributed by atoms with Crippen LogP contribution in [0.25, 0.3) is 23.4 Å². The number of aromatic amines is 1. The molecule has 1 aromatic carbocycles. The van der Waals surface area contributed by atoms with Crippen LogP contribution in [0.2, 0.25) is 5.02 Å². The molecular weight excluding hydrogens is 436 g/mol. The lowest BCUT2D eigenvalue weighted by molar-refractivity contribution is 0.0718. The zero-order valence-electron chi connectivity index (χ0n) is 18.5. The number of piperidine rings is 1. The number of likely N-dealkylation sites (tertiary alicyclic amines) is 1. The molecule has 0 atom stereocenters. The molecule has 2 aromatic heterocycles. The van der Waals surface area contributed by atoms with Gasteiger partial charge in [-0.05, 0) is 50.1 Å².